The SMILES string of the molecule is CC(=O)N(C[C@H]1CN(c2ccc(-c3ccc(CNS(=O)(=O)CC(F)(F)F)cc3)c(F)c2)C(=O)O1)C(=O)OC(C)(C)C. The van der Waals surface area contributed by atoms with E-state index < -0.39 is 57.6 Å². The Morgan fingerprint density at radius 3 is 2.29 bits per heavy atom. The minimum absolute atomic E-state index is 0.0663. The smallest absolute Gasteiger partial charge is 0.417 e. The second-order valence-corrected chi connectivity index (χ2v) is 12.1. The highest BCUT2D eigenvalue weighted by Gasteiger charge is 2.37. The molecule has 1 aliphatic rings. The van der Waals surface area contributed by atoms with Crippen LogP contribution in [0.4, 0.5) is 32.8 Å². The first kappa shape index (κ1) is 31.8. The molecule has 1 atom stereocenters. The Bertz CT molecular complexity index is 1410. The lowest BCUT2D eigenvalue weighted by molar-refractivity contribution is -0.129. The van der Waals surface area contributed by atoms with Gasteiger partial charge in [0.05, 0.1) is 18.8 Å². The summed E-state index contributed by atoms with van der Waals surface area (Å²) in [5, 5.41) is 0. The topological polar surface area (TPSA) is 122 Å². The molecule has 0 aliphatic carbocycles. The number of halogens is 4. The van der Waals surface area contributed by atoms with Crippen molar-refractivity contribution in [3.8, 4) is 11.1 Å². The molecule has 0 spiro atoms. The number of nitrogens with zero attached hydrogens (tertiary/aromatic N) is 2. The standard InChI is InChI=1S/C26H29F4N3O7S/c1-16(34)32(24(36)40-25(2,3)4)13-20-14-33(23(35)39-20)19-9-10-21(22(27)11-19)18-7-5-17(6-8-18)12-31-41(37,38)15-26(28,29)30/h5-11,20,31H,12-15H2,1-4H3/t20-/m0/s1. The van der Waals surface area contributed by atoms with Gasteiger partial charge in [-0.15, -0.1) is 0 Å². The molecule has 41 heavy (non-hydrogen) atoms. The Morgan fingerprint density at radius 2 is 1.76 bits per heavy atom. The largest absolute Gasteiger partial charge is 0.443 e. The molecule has 15 heteroatoms. The number of carbonyl (C=O) groups is 3. The second-order valence-electron chi connectivity index (χ2n) is 10.3. The number of sulfonamides is 1. The van der Waals surface area contributed by atoms with E-state index in [2.05, 4.69) is 0 Å². The molecule has 10 nitrogen and oxygen atoms in total. The van der Waals surface area contributed by atoms with Crippen LogP contribution in [-0.2, 0) is 30.8 Å². The molecule has 1 N–H and O–H groups in total. The Balaban J connectivity index is 1.67. The van der Waals surface area contributed by atoms with E-state index in [9.17, 15) is 36.0 Å². The van der Waals surface area contributed by atoms with Crippen molar-refractivity contribution in [2.75, 3.05) is 23.7 Å². The molecule has 0 aromatic heterocycles. The van der Waals surface area contributed by atoms with Gasteiger partial charge in [0.1, 0.15) is 17.5 Å². The number of hydrogen-bond donors (Lipinski definition) is 1. The third-order valence-corrected chi connectivity index (χ3v) is 6.92. The molecule has 3 amide bonds. The summed E-state index contributed by atoms with van der Waals surface area (Å²) in [5.41, 5.74) is 0.216. The first-order chi connectivity index (χ1) is 18.8. The zero-order valence-electron chi connectivity index (χ0n) is 22.6. The van der Waals surface area contributed by atoms with Gasteiger partial charge in [0.15, 0.2) is 5.75 Å². The van der Waals surface area contributed by atoms with Crippen molar-refractivity contribution in [1.82, 2.24) is 9.62 Å². The summed E-state index contributed by atoms with van der Waals surface area (Å²) in [5.74, 6) is -3.30. The van der Waals surface area contributed by atoms with E-state index in [4.69, 9.17) is 9.47 Å². The fourth-order valence-corrected chi connectivity index (χ4v) is 4.77. The highest BCUT2D eigenvalue weighted by molar-refractivity contribution is 7.89. The number of alkyl halides is 3. The van der Waals surface area contributed by atoms with Crippen LogP contribution in [0.25, 0.3) is 11.1 Å². The average Bonchev–Trinajstić information content (AvgIpc) is 3.19. The van der Waals surface area contributed by atoms with Gasteiger partial charge in [0.25, 0.3) is 0 Å². The summed E-state index contributed by atoms with van der Waals surface area (Å²) in [6.45, 7) is 5.38. The van der Waals surface area contributed by atoms with Crippen LogP contribution in [0.2, 0.25) is 0 Å². The summed E-state index contributed by atoms with van der Waals surface area (Å²) in [6, 6.07) is 9.80. The third kappa shape index (κ3) is 9.14. The number of hydrogen-bond acceptors (Lipinski definition) is 7. The molecule has 0 bridgehead atoms. The lowest BCUT2D eigenvalue weighted by Gasteiger charge is -2.26. The fourth-order valence-electron chi connectivity index (χ4n) is 3.85. The van der Waals surface area contributed by atoms with E-state index >= 15 is 4.39 Å². The Hall–Kier alpha value is -3.72. The number of imide groups is 1. The van der Waals surface area contributed by atoms with Crippen molar-refractivity contribution in [2.24, 2.45) is 0 Å². The number of benzene rings is 2. The van der Waals surface area contributed by atoms with E-state index in [1.807, 2.05) is 4.72 Å². The first-order valence-corrected chi connectivity index (χ1v) is 13.9. The van der Waals surface area contributed by atoms with Gasteiger partial charge in [0, 0.05) is 19.0 Å². The number of amides is 3. The van der Waals surface area contributed by atoms with Gasteiger partial charge in [-0.25, -0.2) is 32.0 Å². The summed E-state index contributed by atoms with van der Waals surface area (Å²) < 4.78 is 87.6. The lowest BCUT2D eigenvalue weighted by atomic mass is 10.0. The Kier molecular flexibility index (Phi) is 9.33. The van der Waals surface area contributed by atoms with Crippen LogP contribution >= 0.6 is 0 Å². The molecular formula is C26H29F4N3O7S. The molecule has 1 fully saturated rings. The number of nitrogens with one attached hydrogen (secondary N) is 1. The van der Waals surface area contributed by atoms with E-state index in [-0.39, 0.29) is 30.9 Å². The Morgan fingerprint density at radius 1 is 1.12 bits per heavy atom. The quantitative estimate of drug-likeness (QED) is 0.438. The number of anilines is 1. The molecule has 1 aliphatic heterocycles. The van der Waals surface area contributed by atoms with Gasteiger partial charge in [-0.1, -0.05) is 24.3 Å². The molecule has 0 unspecified atom stereocenters. The van der Waals surface area contributed by atoms with Crippen LogP contribution in [0.5, 0.6) is 0 Å². The normalized spacial score (nSPS) is 16.0. The van der Waals surface area contributed by atoms with Crippen molar-refractivity contribution >= 4 is 33.8 Å². The lowest BCUT2D eigenvalue weighted by Crippen LogP contribution is -2.44. The summed E-state index contributed by atoms with van der Waals surface area (Å²) in [7, 11) is -4.57. The van der Waals surface area contributed by atoms with Gasteiger partial charge in [-0.3, -0.25) is 9.69 Å². The van der Waals surface area contributed by atoms with Crippen LogP contribution in [-0.4, -0.2) is 68.1 Å². The molecular weight excluding hydrogens is 574 g/mol. The van der Waals surface area contributed by atoms with Crippen LogP contribution in [0, 0.1) is 5.82 Å². The molecule has 3 rings (SSSR count). The molecule has 1 saturated heterocycles. The summed E-state index contributed by atoms with van der Waals surface area (Å²) >= 11 is 0. The molecule has 0 radical (unpaired) electrons. The van der Waals surface area contributed by atoms with Crippen LogP contribution in [0.3, 0.4) is 0 Å². The Labute approximate surface area is 234 Å². The van der Waals surface area contributed by atoms with E-state index in [1.54, 1.807) is 20.8 Å². The number of rotatable bonds is 8. The third-order valence-electron chi connectivity index (χ3n) is 5.63. The van der Waals surface area contributed by atoms with Gasteiger partial charge in [0.2, 0.25) is 15.9 Å². The average molecular weight is 604 g/mol. The second kappa shape index (κ2) is 12.0. The monoisotopic (exact) mass is 603 g/mol. The van der Waals surface area contributed by atoms with Gasteiger partial charge < -0.3 is 9.47 Å². The molecule has 224 valence electrons. The van der Waals surface area contributed by atoms with E-state index in [0.717, 1.165) is 15.9 Å². The fraction of sp³-hybridized carbons (Fsp3) is 0.423. The molecule has 0 saturated carbocycles. The van der Waals surface area contributed by atoms with Crippen LogP contribution in [0.1, 0.15) is 33.3 Å². The van der Waals surface area contributed by atoms with Crippen LogP contribution in [0.15, 0.2) is 42.5 Å². The predicted octanol–water partition coefficient (Wildman–Crippen LogP) is 4.58. The predicted molar refractivity (Wildman–Crippen MR) is 140 cm³/mol. The maximum absolute atomic E-state index is 15.1. The van der Waals surface area contributed by atoms with Gasteiger partial charge >= 0.3 is 18.4 Å². The van der Waals surface area contributed by atoms with Crippen molar-refractivity contribution in [3.63, 3.8) is 0 Å². The zero-order valence-corrected chi connectivity index (χ0v) is 23.4. The van der Waals surface area contributed by atoms with Gasteiger partial charge in [-0.05, 0) is 50.1 Å². The van der Waals surface area contributed by atoms with Crippen molar-refractivity contribution in [1.29, 1.82) is 0 Å². The maximum Gasteiger partial charge on any atom is 0.417 e. The summed E-state index contributed by atoms with van der Waals surface area (Å²) in [4.78, 5) is 38.9. The van der Waals surface area contributed by atoms with Crippen molar-refractivity contribution in [2.45, 2.75) is 52.1 Å². The van der Waals surface area contributed by atoms with Crippen LogP contribution < -0.4 is 9.62 Å². The number of cyclic esters (lactones) is 1. The number of ether oxygens (including phenoxy) is 2. The highest BCUT2D eigenvalue weighted by atomic mass is 32.2. The molecule has 1 heterocycles. The van der Waals surface area contributed by atoms with Crippen molar-refractivity contribution < 1.29 is 49.8 Å². The maximum atomic E-state index is 15.1. The summed E-state index contributed by atoms with van der Waals surface area (Å²) in [6.07, 6.45) is -7.45. The highest BCUT2D eigenvalue weighted by Crippen LogP contribution is 2.30. The first-order valence-electron chi connectivity index (χ1n) is 12.3. The zero-order chi connectivity index (χ0) is 30.8. The molecule has 2 aromatic rings. The van der Waals surface area contributed by atoms with E-state index in [1.165, 1.54) is 43.3 Å². The number of carbonyl (C=O) groups excluding carboxylic acids is 3. The van der Waals surface area contributed by atoms with Gasteiger partial charge in [-0.2, -0.15) is 13.2 Å². The molecule has 2 aromatic carbocycles. The van der Waals surface area contributed by atoms with E-state index in [0.29, 0.717) is 11.1 Å². The minimum Gasteiger partial charge on any atom is -0.443 e. The van der Waals surface area contributed by atoms with Crippen molar-refractivity contribution in [3.05, 3.63) is 53.8 Å². The minimum atomic E-state index is -4.87.